The quantitative estimate of drug-likeness (QED) is 0.651. The van der Waals surface area contributed by atoms with Crippen LogP contribution in [0.5, 0.6) is 11.5 Å². The number of para-hydroxylation sites is 1. The molecule has 0 heterocycles. The van der Waals surface area contributed by atoms with Gasteiger partial charge >= 0.3 is 0 Å². The zero-order valence-corrected chi connectivity index (χ0v) is 9.36. The van der Waals surface area contributed by atoms with Crippen LogP contribution in [0.3, 0.4) is 0 Å². The molecule has 3 N–H and O–H groups in total. The third-order valence-corrected chi connectivity index (χ3v) is 2.42. The SMILES string of the molecule is Nc1c(O)cccc1OCc1ccc(F)c(F)c1. The van der Waals surface area contributed by atoms with Gasteiger partial charge in [-0.3, -0.25) is 0 Å². The lowest BCUT2D eigenvalue weighted by Gasteiger charge is -2.09. The Balaban J connectivity index is 2.11. The molecule has 0 radical (unpaired) electrons. The number of phenolic OH excluding ortho intramolecular Hbond substituents is 1. The molecule has 0 amide bonds. The van der Waals surface area contributed by atoms with Gasteiger partial charge in [0.1, 0.15) is 23.8 Å². The first-order valence-corrected chi connectivity index (χ1v) is 5.22. The maximum absolute atomic E-state index is 13.0. The summed E-state index contributed by atoms with van der Waals surface area (Å²) in [6.45, 7) is 0.0326. The van der Waals surface area contributed by atoms with Gasteiger partial charge in [-0.15, -0.1) is 0 Å². The van der Waals surface area contributed by atoms with Gasteiger partial charge in [-0.2, -0.15) is 0 Å². The van der Waals surface area contributed by atoms with Crippen LogP contribution in [0.1, 0.15) is 5.56 Å². The summed E-state index contributed by atoms with van der Waals surface area (Å²) in [6.07, 6.45) is 0. The summed E-state index contributed by atoms with van der Waals surface area (Å²) >= 11 is 0. The molecule has 0 fully saturated rings. The molecule has 0 aliphatic heterocycles. The smallest absolute Gasteiger partial charge is 0.159 e. The molecular formula is C13H11F2NO2. The molecule has 0 aromatic heterocycles. The van der Waals surface area contributed by atoms with Gasteiger partial charge in [0.2, 0.25) is 0 Å². The van der Waals surface area contributed by atoms with Gasteiger partial charge in [0.25, 0.3) is 0 Å². The fraction of sp³-hybridized carbons (Fsp3) is 0.0769. The molecule has 18 heavy (non-hydrogen) atoms. The lowest BCUT2D eigenvalue weighted by Crippen LogP contribution is -2.00. The van der Waals surface area contributed by atoms with Crippen LogP contribution >= 0.6 is 0 Å². The van der Waals surface area contributed by atoms with Gasteiger partial charge in [-0.25, -0.2) is 8.78 Å². The number of rotatable bonds is 3. The minimum atomic E-state index is -0.931. The number of benzene rings is 2. The Labute approximate surface area is 102 Å². The van der Waals surface area contributed by atoms with Crippen molar-refractivity contribution in [1.82, 2.24) is 0 Å². The van der Waals surface area contributed by atoms with E-state index >= 15 is 0 Å². The van der Waals surface area contributed by atoms with Crippen LogP contribution in [0.25, 0.3) is 0 Å². The van der Waals surface area contributed by atoms with E-state index in [0.717, 1.165) is 12.1 Å². The maximum Gasteiger partial charge on any atom is 0.159 e. The first-order chi connectivity index (χ1) is 8.58. The first-order valence-electron chi connectivity index (χ1n) is 5.22. The summed E-state index contributed by atoms with van der Waals surface area (Å²) in [5.74, 6) is -1.63. The third kappa shape index (κ3) is 2.51. The van der Waals surface area contributed by atoms with Crippen LogP contribution in [0.2, 0.25) is 0 Å². The van der Waals surface area contributed by atoms with Gasteiger partial charge in [-0.1, -0.05) is 12.1 Å². The summed E-state index contributed by atoms with van der Waals surface area (Å²) in [4.78, 5) is 0. The van der Waals surface area contributed by atoms with E-state index in [4.69, 9.17) is 10.5 Å². The number of anilines is 1. The lowest BCUT2D eigenvalue weighted by atomic mass is 10.2. The van der Waals surface area contributed by atoms with Crippen LogP contribution in [0.15, 0.2) is 36.4 Å². The van der Waals surface area contributed by atoms with Crippen molar-refractivity contribution >= 4 is 5.69 Å². The summed E-state index contributed by atoms with van der Waals surface area (Å²) in [7, 11) is 0. The second kappa shape index (κ2) is 4.91. The molecule has 2 aromatic carbocycles. The molecule has 0 atom stereocenters. The Kier molecular flexibility index (Phi) is 3.32. The molecule has 0 saturated carbocycles. The summed E-state index contributed by atoms with van der Waals surface area (Å²) < 4.78 is 31.0. The maximum atomic E-state index is 13.0. The number of phenols is 1. The zero-order valence-electron chi connectivity index (χ0n) is 9.36. The highest BCUT2D eigenvalue weighted by molar-refractivity contribution is 5.61. The average molecular weight is 251 g/mol. The molecule has 2 aromatic rings. The van der Waals surface area contributed by atoms with Crippen LogP contribution in [-0.4, -0.2) is 5.11 Å². The molecule has 3 nitrogen and oxygen atoms in total. The molecular weight excluding hydrogens is 240 g/mol. The van der Waals surface area contributed by atoms with E-state index in [1.165, 1.54) is 12.1 Å². The second-order valence-corrected chi connectivity index (χ2v) is 3.73. The number of nitrogen functional groups attached to an aromatic ring is 1. The van der Waals surface area contributed by atoms with E-state index in [0.29, 0.717) is 11.3 Å². The highest BCUT2D eigenvalue weighted by Crippen LogP contribution is 2.30. The normalized spacial score (nSPS) is 10.3. The Bertz CT molecular complexity index is 573. The molecule has 94 valence electrons. The molecule has 0 bridgehead atoms. The summed E-state index contributed by atoms with van der Waals surface area (Å²) in [5.41, 5.74) is 6.17. The number of nitrogens with two attached hydrogens (primary N) is 1. The van der Waals surface area contributed by atoms with Crippen LogP contribution in [0.4, 0.5) is 14.5 Å². The zero-order chi connectivity index (χ0) is 13.1. The number of ether oxygens (including phenoxy) is 1. The summed E-state index contributed by atoms with van der Waals surface area (Å²) in [6, 6.07) is 8.08. The first kappa shape index (κ1) is 12.2. The van der Waals surface area contributed by atoms with E-state index in [-0.39, 0.29) is 18.0 Å². The Morgan fingerprint density at radius 1 is 1.11 bits per heavy atom. The summed E-state index contributed by atoms with van der Waals surface area (Å²) in [5, 5.41) is 9.36. The lowest BCUT2D eigenvalue weighted by molar-refractivity contribution is 0.305. The molecule has 0 spiro atoms. The number of hydrogen-bond donors (Lipinski definition) is 2. The van der Waals surface area contributed by atoms with Crippen molar-refractivity contribution in [1.29, 1.82) is 0 Å². The molecule has 0 aliphatic rings. The Morgan fingerprint density at radius 3 is 2.61 bits per heavy atom. The highest BCUT2D eigenvalue weighted by Gasteiger charge is 2.06. The van der Waals surface area contributed by atoms with Gasteiger partial charge in [0, 0.05) is 0 Å². The van der Waals surface area contributed by atoms with Crippen molar-refractivity contribution < 1.29 is 18.6 Å². The van der Waals surface area contributed by atoms with E-state index < -0.39 is 11.6 Å². The fourth-order valence-electron chi connectivity index (χ4n) is 1.45. The minimum absolute atomic E-state index is 0.0326. The fourth-order valence-corrected chi connectivity index (χ4v) is 1.45. The highest BCUT2D eigenvalue weighted by atomic mass is 19.2. The second-order valence-electron chi connectivity index (χ2n) is 3.73. The molecule has 0 unspecified atom stereocenters. The van der Waals surface area contributed by atoms with E-state index in [2.05, 4.69) is 0 Å². The predicted molar refractivity (Wildman–Crippen MR) is 63.2 cm³/mol. The van der Waals surface area contributed by atoms with Crippen molar-refractivity contribution in [2.75, 3.05) is 5.73 Å². The van der Waals surface area contributed by atoms with E-state index in [9.17, 15) is 13.9 Å². The van der Waals surface area contributed by atoms with E-state index in [1.54, 1.807) is 12.1 Å². The van der Waals surface area contributed by atoms with Crippen molar-refractivity contribution in [2.45, 2.75) is 6.61 Å². The van der Waals surface area contributed by atoms with E-state index in [1.807, 2.05) is 0 Å². The molecule has 0 aliphatic carbocycles. The topological polar surface area (TPSA) is 55.5 Å². The molecule has 5 heteroatoms. The minimum Gasteiger partial charge on any atom is -0.506 e. The van der Waals surface area contributed by atoms with Gasteiger partial charge < -0.3 is 15.6 Å². The predicted octanol–water partition coefficient (Wildman–Crippen LogP) is 2.83. The van der Waals surface area contributed by atoms with Crippen LogP contribution in [-0.2, 0) is 6.61 Å². The number of aromatic hydroxyl groups is 1. The Morgan fingerprint density at radius 2 is 1.89 bits per heavy atom. The molecule has 2 rings (SSSR count). The van der Waals surface area contributed by atoms with Crippen molar-refractivity contribution in [3.63, 3.8) is 0 Å². The largest absolute Gasteiger partial charge is 0.506 e. The van der Waals surface area contributed by atoms with Crippen molar-refractivity contribution in [2.24, 2.45) is 0 Å². The van der Waals surface area contributed by atoms with Gasteiger partial charge in [-0.05, 0) is 29.8 Å². The average Bonchev–Trinajstić information content (AvgIpc) is 2.35. The van der Waals surface area contributed by atoms with Crippen molar-refractivity contribution in [3.05, 3.63) is 53.6 Å². The monoisotopic (exact) mass is 251 g/mol. The standard InChI is InChI=1S/C13H11F2NO2/c14-9-5-4-8(6-10(9)15)7-18-12-3-1-2-11(17)13(12)16/h1-6,17H,7,16H2. The Hall–Kier alpha value is -2.30. The third-order valence-electron chi connectivity index (χ3n) is 2.42. The molecule has 0 saturated heterocycles. The van der Waals surface area contributed by atoms with Crippen LogP contribution in [0, 0.1) is 11.6 Å². The van der Waals surface area contributed by atoms with Gasteiger partial charge in [0.05, 0.1) is 0 Å². The van der Waals surface area contributed by atoms with Crippen LogP contribution < -0.4 is 10.5 Å². The van der Waals surface area contributed by atoms with Gasteiger partial charge in [0.15, 0.2) is 11.6 Å². The number of halogens is 2. The number of hydrogen-bond acceptors (Lipinski definition) is 3. The van der Waals surface area contributed by atoms with Crippen molar-refractivity contribution in [3.8, 4) is 11.5 Å².